The molecule has 1 saturated heterocycles. The molecule has 18 heavy (non-hydrogen) atoms. The first-order valence-electron chi connectivity index (χ1n) is 6.05. The normalized spacial score (nSPS) is 20.6. The van der Waals surface area contributed by atoms with E-state index in [0.717, 1.165) is 6.42 Å². The van der Waals surface area contributed by atoms with Crippen LogP contribution in [-0.2, 0) is 14.3 Å². The van der Waals surface area contributed by atoms with Crippen LogP contribution in [0.2, 0.25) is 0 Å². The molecule has 5 heteroatoms. The van der Waals surface area contributed by atoms with Crippen LogP contribution in [-0.4, -0.2) is 31.3 Å². The molecule has 0 bridgehead atoms. The van der Waals surface area contributed by atoms with Crippen LogP contribution in [0.3, 0.4) is 0 Å². The maximum Gasteiger partial charge on any atom is 0.253 e. The van der Waals surface area contributed by atoms with Crippen molar-refractivity contribution in [3.05, 3.63) is 24.3 Å². The van der Waals surface area contributed by atoms with Gasteiger partial charge in [-0.25, -0.2) is 0 Å². The molecule has 1 heterocycles. The van der Waals surface area contributed by atoms with E-state index in [-0.39, 0.29) is 12.0 Å². The Morgan fingerprint density at radius 1 is 1.56 bits per heavy atom. The van der Waals surface area contributed by atoms with Crippen LogP contribution in [0.5, 0.6) is 0 Å². The summed E-state index contributed by atoms with van der Waals surface area (Å²) in [6.45, 7) is 2.99. The van der Waals surface area contributed by atoms with Gasteiger partial charge in [0.1, 0.15) is 6.10 Å². The van der Waals surface area contributed by atoms with Crippen LogP contribution in [0, 0.1) is 0 Å². The molecule has 2 unspecified atom stereocenters. The van der Waals surface area contributed by atoms with Crippen molar-refractivity contribution in [3.8, 4) is 0 Å². The molecule has 0 spiro atoms. The zero-order valence-electron chi connectivity index (χ0n) is 10.4. The maximum absolute atomic E-state index is 11.9. The van der Waals surface area contributed by atoms with Crippen molar-refractivity contribution >= 4 is 17.3 Å². The molecule has 2 atom stereocenters. The van der Waals surface area contributed by atoms with Crippen molar-refractivity contribution in [2.45, 2.75) is 25.6 Å². The molecule has 0 aromatic heterocycles. The summed E-state index contributed by atoms with van der Waals surface area (Å²) in [5.74, 6) is -0.195. The van der Waals surface area contributed by atoms with Crippen molar-refractivity contribution in [3.63, 3.8) is 0 Å². The van der Waals surface area contributed by atoms with E-state index in [4.69, 9.17) is 15.2 Å². The number of carbonyl (C=O) groups excluding carboxylic acids is 1. The number of anilines is 2. The first-order chi connectivity index (χ1) is 8.66. The quantitative estimate of drug-likeness (QED) is 0.792. The zero-order chi connectivity index (χ0) is 13.0. The van der Waals surface area contributed by atoms with Crippen molar-refractivity contribution in [2.24, 2.45) is 0 Å². The summed E-state index contributed by atoms with van der Waals surface area (Å²) in [5.41, 5.74) is 6.91. The van der Waals surface area contributed by atoms with E-state index in [1.807, 2.05) is 12.1 Å². The molecule has 1 aliphatic heterocycles. The van der Waals surface area contributed by atoms with E-state index >= 15 is 0 Å². The third kappa shape index (κ3) is 3.21. The number of rotatable bonds is 4. The van der Waals surface area contributed by atoms with Gasteiger partial charge in [-0.2, -0.15) is 0 Å². The first-order valence-corrected chi connectivity index (χ1v) is 6.05. The highest BCUT2D eigenvalue weighted by molar-refractivity contribution is 5.96. The van der Waals surface area contributed by atoms with Gasteiger partial charge in [0.2, 0.25) is 0 Å². The Bertz CT molecular complexity index is 416. The largest absolute Gasteiger partial charge is 0.397 e. The Balaban J connectivity index is 1.89. The van der Waals surface area contributed by atoms with Crippen LogP contribution in [0.4, 0.5) is 11.4 Å². The standard InChI is InChI=1S/C13H18N2O3/c1-9(18-10-6-7-17-8-10)13(16)15-12-5-3-2-4-11(12)14/h2-5,9-10H,6-8,14H2,1H3,(H,15,16). The second-order valence-corrected chi connectivity index (χ2v) is 4.34. The van der Waals surface area contributed by atoms with Crippen LogP contribution in [0.1, 0.15) is 13.3 Å². The Morgan fingerprint density at radius 2 is 2.33 bits per heavy atom. The number of nitrogen functional groups attached to an aromatic ring is 1. The van der Waals surface area contributed by atoms with Gasteiger partial charge < -0.3 is 20.5 Å². The van der Waals surface area contributed by atoms with Crippen LogP contribution in [0.25, 0.3) is 0 Å². The minimum absolute atomic E-state index is 0.0128. The van der Waals surface area contributed by atoms with Gasteiger partial charge >= 0.3 is 0 Å². The lowest BCUT2D eigenvalue weighted by Crippen LogP contribution is -2.32. The summed E-state index contributed by atoms with van der Waals surface area (Å²) in [6.07, 6.45) is 0.334. The summed E-state index contributed by atoms with van der Waals surface area (Å²) in [5, 5.41) is 2.75. The van der Waals surface area contributed by atoms with Gasteiger partial charge in [-0.15, -0.1) is 0 Å². The highest BCUT2D eigenvalue weighted by atomic mass is 16.6. The van der Waals surface area contributed by atoms with E-state index in [0.29, 0.717) is 24.6 Å². The lowest BCUT2D eigenvalue weighted by atomic mass is 10.2. The monoisotopic (exact) mass is 250 g/mol. The molecule has 1 aromatic carbocycles. The lowest BCUT2D eigenvalue weighted by Gasteiger charge is -2.17. The van der Waals surface area contributed by atoms with Crippen LogP contribution in [0.15, 0.2) is 24.3 Å². The fourth-order valence-corrected chi connectivity index (χ4v) is 1.82. The molecule has 0 radical (unpaired) electrons. The molecular weight excluding hydrogens is 232 g/mol. The van der Waals surface area contributed by atoms with Gasteiger partial charge in [0.15, 0.2) is 0 Å². The van der Waals surface area contributed by atoms with Gasteiger partial charge in [-0.3, -0.25) is 4.79 Å². The Morgan fingerprint density at radius 3 is 3.00 bits per heavy atom. The molecule has 5 nitrogen and oxygen atoms in total. The molecule has 0 aliphatic carbocycles. The Labute approximate surface area is 106 Å². The Hall–Kier alpha value is -1.59. The van der Waals surface area contributed by atoms with Crippen molar-refractivity contribution in [1.29, 1.82) is 0 Å². The zero-order valence-corrected chi connectivity index (χ0v) is 10.4. The third-order valence-corrected chi connectivity index (χ3v) is 2.87. The van der Waals surface area contributed by atoms with Gasteiger partial charge in [-0.1, -0.05) is 12.1 Å². The number of carbonyl (C=O) groups is 1. The minimum atomic E-state index is -0.517. The van der Waals surface area contributed by atoms with Crippen molar-refractivity contribution in [1.82, 2.24) is 0 Å². The van der Waals surface area contributed by atoms with Crippen molar-refractivity contribution < 1.29 is 14.3 Å². The summed E-state index contributed by atoms with van der Waals surface area (Å²) >= 11 is 0. The summed E-state index contributed by atoms with van der Waals surface area (Å²) < 4.78 is 10.8. The van der Waals surface area contributed by atoms with E-state index in [2.05, 4.69) is 5.32 Å². The van der Waals surface area contributed by atoms with E-state index in [1.54, 1.807) is 19.1 Å². The maximum atomic E-state index is 11.9. The van der Waals surface area contributed by atoms with E-state index < -0.39 is 6.10 Å². The van der Waals surface area contributed by atoms with Gasteiger partial charge in [0.25, 0.3) is 5.91 Å². The predicted octanol–water partition coefficient (Wildman–Crippen LogP) is 1.40. The lowest BCUT2D eigenvalue weighted by molar-refractivity contribution is -0.129. The number of para-hydroxylation sites is 2. The molecule has 1 amide bonds. The second-order valence-electron chi connectivity index (χ2n) is 4.34. The highest BCUT2D eigenvalue weighted by Gasteiger charge is 2.22. The number of hydrogen-bond donors (Lipinski definition) is 2. The van der Waals surface area contributed by atoms with Crippen LogP contribution < -0.4 is 11.1 Å². The molecule has 0 saturated carbocycles. The molecule has 1 aromatic rings. The minimum Gasteiger partial charge on any atom is -0.397 e. The number of nitrogens with one attached hydrogen (secondary N) is 1. The average Bonchev–Trinajstić information content (AvgIpc) is 2.84. The molecule has 2 rings (SSSR count). The number of nitrogens with two attached hydrogens (primary N) is 1. The van der Waals surface area contributed by atoms with Gasteiger partial charge in [-0.05, 0) is 25.5 Å². The molecule has 3 N–H and O–H groups in total. The van der Waals surface area contributed by atoms with Gasteiger partial charge in [0, 0.05) is 6.61 Å². The summed E-state index contributed by atoms with van der Waals surface area (Å²) in [4.78, 5) is 11.9. The first kappa shape index (κ1) is 12.9. The van der Waals surface area contributed by atoms with E-state index in [9.17, 15) is 4.79 Å². The fraction of sp³-hybridized carbons (Fsp3) is 0.462. The second kappa shape index (κ2) is 5.84. The SMILES string of the molecule is CC(OC1CCOC1)C(=O)Nc1ccccc1N. The van der Waals surface area contributed by atoms with E-state index in [1.165, 1.54) is 0 Å². The average molecular weight is 250 g/mol. The summed E-state index contributed by atoms with van der Waals surface area (Å²) in [6, 6.07) is 7.15. The molecule has 1 fully saturated rings. The number of amides is 1. The molecule has 98 valence electrons. The van der Waals surface area contributed by atoms with Crippen molar-refractivity contribution in [2.75, 3.05) is 24.3 Å². The fourth-order valence-electron chi connectivity index (χ4n) is 1.82. The highest BCUT2D eigenvalue weighted by Crippen LogP contribution is 2.18. The molecule has 1 aliphatic rings. The molecular formula is C13H18N2O3. The Kier molecular flexibility index (Phi) is 4.17. The number of ether oxygens (including phenoxy) is 2. The third-order valence-electron chi connectivity index (χ3n) is 2.87. The smallest absolute Gasteiger partial charge is 0.253 e. The summed E-state index contributed by atoms with van der Waals surface area (Å²) in [7, 11) is 0. The predicted molar refractivity (Wildman–Crippen MR) is 69.3 cm³/mol. The van der Waals surface area contributed by atoms with Gasteiger partial charge in [0.05, 0.1) is 24.1 Å². The van der Waals surface area contributed by atoms with Crippen LogP contribution >= 0.6 is 0 Å². The number of benzene rings is 1. The number of hydrogen-bond acceptors (Lipinski definition) is 4. The topological polar surface area (TPSA) is 73.6 Å².